The lowest BCUT2D eigenvalue weighted by atomic mass is 10.0. The average Bonchev–Trinajstić information content (AvgIpc) is 2.33. The van der Waals surface area contributed by atoms with E-state index in [2.05, 4.69) is 0 Å². The molecule has 0 fully saturated rings. The third-order valence-corrected chi connectivity index (χ3v) is 3.14. The van der Waals surface area contributed by atoms with Crippen LogP contribution >= 0.6 is 0 Å². The molecule has 6 heteroatoms. The lowest BCUT2D eigenvalue weighted by Gasteiger charge is -2.28. The molecule has 0 radical (unpaired) electrons. The Labute approximate surface area is 116 Å². The molecule has 114 valence electrons. The lowest BCUT2D eigenvalue weighted by molar-refractivity contribution is -0.149. The van der Waals surface area contributed by atoms with E-state index in [1.807, 2.05) is 0 Å². The van der Waals surface area contributed by atoms with E-state index in [0.717, 1.165) is 5.56 Å². The van der Waals surface area contributed by atoms with Crippen molar-refractivity contribution in [3.63, 3.8) is 0 Å². The fourth-order valence-corrected chi connectivity index (χ4v) is 1.93. The Morgan fingerprint density at radius 1 is 1.15 bits per heavy atom. The van der Waals surface area contributed by atoms with E-state index in [4.69, 9.17) is 5.73 Å². The summed E-state index contributed by atoms with van der Waals surface area (Å²) in [7, 11) is 0. The number of hydrogen-bond acceptors (Lipinski definition) is 2. The summed E-state index contributed by atoms with van der Waals surface area (Å²) in [6.45, 7) is 2.74. The molecule has 0 heterocycles. The first kappa shape index (κ1) is 16.9. The van der Waals surface area contributed by atoms with Crippen LogP contribution in [0.2, 0.25) is 0 Å². The van der Waals surface area contributed by atoms with Crippen LogP contribution in [0.3, 0.4) is 0 Å². The molecule has 1 atom stereocenters. The predicted molar refractivity (Wildman–Crippen MR) is 70.7 cm³/mol. The monoisotopic (exact) mass is 292 g/mol. The van der Waals surface area contributed by atoms with Crippen molar-refractivity contribution >= 4 is 0 Å². The van der Waals surface area contributed by atoms with Gasteiger partial charge in [-0.05, 0) is 38.0 Å². The predicted octanol–water partition coefficient (Wildman–Crippen LogP) is 3.49. The minimum Gasteiger partial charge on any atom is -0.324 e. The Bertz CT molecular complexity index is 401. The highest BCUT2D eigenvalue weighted by molar-refractivity contribution is 5.19. The maximum atomic E-state index is 12.8. The first-order chi connectivity index (χ1) is 9.19. The van der Waals surface area contributed by atoms with E-state index in [-0.39, 0.29) is 18.4 Å². The highest BCUT2D eigenvalue weighted by Crippen LogP contribution is 2.20. The van der Waals surface area contributed by atoms with Crippen LogP contribution in [0, 0.1) is 5.82 Å². The molecule has 0 aliphatic rings. The van der Waals surface area contributed by atoms with Gasteiger partial charge in [-0.15, -0.1) is 0 Å². The smallest absolute Gasteiger partial charge is 0.324 e. The van der Waals surface area contributed by atoms with Gasteiger partial charge in [0.15, 0.2) is 0 Å². The van der Waals surface area contributed by atoms with Crippen LogP contribution in [0.1, 0.15) is 31.9 Å². The Kier molecular flexibility index (Phi) is 5.95. The van der Waals surface area contributed by atoms with Crippen LogP contribution < -0.4 is 5.73 Å². The van der Waals surface area contributed by atoms with Gasteiger partial charge in [0, 0.05) is 18.6 Å². The van der Waals surface area contributed by atoms with Crippen molar-refractivity contribution in [1.29, 1.82) is 0 Å². The van der Waals surface area contributed by atoms with Gasteiger partial charge in [0.2, 0.25) is 0 Å². The number of nitrogens with zero attached hydrogens (tertiary/aromatic N) is 1. The minimum atomic E-state index is -4.22. The summed E-state index contributed by atoms with van der Waals surface area (Å²) in [5.41, 5.74) is 6.65. The molecule has 20 heavy (non-hydrogen) atoms. The van der Waals surface area contributed by atoms with Crippen molar-refractivity contribution in [1.82, 2.24) is 4.90 Å². The SMILES string of the molecule is CC(C)N(CCC(N)c1ccc(F)cc1)CC(F)(F)F. The summed E-state index contributed by atoms with van der Waals surface area (Å²) >= 11 is 0. The summed E-state index contributed by atoms with van der Waals surface area (Å²) in [5.74, 6) is -0.359. The molecule has 0 spiro atoms. The number of halogens is 4. The first-order valence-electron chi connectivity index (χ1n) is 6.51. The second kappa shape index (κ2) is 7.04. The topological polar surface area (TPSA) is 29.3 Å². The zero-order chi connectivity index (χ0) is 15.3. The molecule has 0 aromatic heterocycles. The summed E-state index contributed by atoms with van der Waals surface area (Å²) in [6.07, 6.45) is -3.83. The molecule has 1 aromatic carbocycles. The van der Waals surface area contributed by atoms with Crippen LogP contribution in [0.5, 0.6) is 0 Å². The number of rotatable bonds is 6. The van der Waals surface area contributed by atoms with Gasteiger partial charge in [0.05, 0.1) is 6.54 Å². The molecular formula is C14H20F4N2. The van der Waals surface area contributed by atoms with Crippen molar-refractivity contribution in [2.24, 2.45) is 5.73 Å². The Morgan fingerprint density at radius 3 is 2.15 bits per heavy atom. The third-order valence-electron chi connectivity index (χ3n) is 3.14. The van der Waals surface area contributed by atoms with Crippen LogP contribution in [0.4, 0.5) is 17.6 Å². The van der Waals surface area contributed by atoms with Gasteiger partial charge in [0.25, 0.3) is 0 Å². The van der Waals surface area contributed by atoms with E-state index in [1.165, 1.54) is 17.0 Å². The Balaban J connectivity index is 2.56. The molecule has 0 amide bonds. The normalized spacial score (nSPS) is 14.1. The van der Waals surface area contributed by atoms with Crippen molar-refractivity contribution in [3.05, 3.63) is 35.6 Å². The summed E-state index contributed by atoms with van der Waals surface area (Å²) in [5, 5.41) is 0. The van der Waals surface area contributed by atoms with Gasteiger partial charge >= 0.3 is 6.18 Å². The molecule has 1 unspecified atom stereocenters. The lowest BCUT2D eigenvalue weighted by Crippen LogP contribution is -2.40. The van der Waals surface area contributed by atoms with Gasteiger partial charge in [-0.25, -0.2) is 4.39 Å². The van der Waals surface area contributed by atoms with E-state index in [0.29, 0.717) is 6.42 Å². The molecule has 1 aromatic rings. The van der Waals surface area contributed by atoms with Gasteiger partial charge in [0.1, 0.15) is 5.82 Å². The third kappa shape index (κ3) is 5.88. The molecule has 0 aliphatic carbocycles. The first-order valence-corrected chi connectivity index (χ1v) is 6.51. The molecule has 2 nitrogen and oxygen atoms in total. The van der Waals surface area contributed by atoms with Crippen LogP contribution in [0.25, 0.3) is 0 Å². The van der Waals surface area contributed by atoms with Crippen LogP contribution in [-0.2, 0) is 0 Å². The van der Waals surface area contributed by atoms with Gasteiger partial charge in [-0.3, -0.25) is 4.90 Å². The highest BCUT2D eigenvalue weighted by Gasteiger charge is 2.31. The average molecular weight is 292 g/mol. The Morgan fingerprint density at radius 2 is 1.70 bits per heavy atom. The minimum absolute atomic E-state index is 0.211. The maximum absolute atomic E-state index is 12.8. The largest absolute Gasteiger partial charge is 0.401 e. The van der Waals surface area contributed by atoms with Gasteiger partial charge in [-0.1, -0.05) is 12.1 Å². The maximum Gasteiger partial charge on any atom is 0.401 e. The molecular weight excluding hydrogens is 272 g/mol. The van der Waals surface area contributed by atoms with Gasteiger partial charge < -0.3 is 5.73 Å². The number of hydrogen-bond donors (Lipinski definition) is 1. The molecule has 0 aliphatic heterocycles. The second-order valence-electron chi connectivity index (χ2n) is 5.13. The molecule has 2 N–H and O–H groups in total. The fraction of sp³-hybridized carbons (Fsp3) is 0.571. The number of benzene rings is 1. The zero-order valence-corrected chi connectivity index (χ0v) is 11.6. The van der Waals surface area contributed by atoms with E-state index < -0.39 is 18.8 Å². The van der Waals surface area contributed by atoms with Crippen molar-refractivity contribution in [2.45, 2.75) is 38.5 Å². The fourth-order valence-electron chi connectivity index (χ4n) is 1.93. The quantitative estimate of drug-likeness (QED) is 0.813. The number of alkyl halides is 3. The summed E-state index contributed by atoms with van der Waals surface area (Å²) in [4.78, 5) is 1.34. The molecule has 0 saturated heterocycles. The van der Waals surface area contributed by atoms with Crippen molar-refractivity contribution in [3.8, 4) is 0 Å². The molecule has 0 saturated carbocycles. The van der Waals surface area contributed by atoms with E-state index in [1.54, 1.807) is 26.0 Å². The second-order valence-corrected chi connectivity index (χ2v) is 5.13. The molecule has 0 bridgehead atoms. The van der Waals surface area contributed by atoms with E-state index >= 15 is 0 Å². The summed E-state index contributed by atoms with van der Waals surface area (Å²) < 4.78 is 50.1. The van der Waals surface area contributed by atoms with Crippen molar-refractivity contribution < 1.29 is 17.6 Å². The zero-order valence-electron chi connectivity index (χ0n) is 11.6. The number of nitrogens with two attached hydrogens (primary N) is 1. The standard InChI is InChI=1S/C14H20F4N2/c1-10(2)20(9-14(16,17)18)8-7-13(19)11-3-5-12(15)6-4-11/h3-6,10,13H,7-9,19H2,1-2H3. The Hall–Kier alpha value is -1.14. The van der Waals surface area contributed by atoms with Crippen LogP contribution in [-0.4, -0.2) is 30.2 Å². The van der Waals surface area contributed by atoms with Crippen molar-refractivity contribution in [2.75, 3.05) is 13.1 Å². The van der Waals surface area contributed by atoms with Crippen LogP contribution in [0.15, 0.2) is 24.3 Å². The van der Waals surface area contributed by atoms with E-state index in [9.17, 15) is 17.6 Å². The highest BCUT2D eigenvalue weighted by atomic mass is 19.4. The summed E-state index contributed by atoms with van der Waals surface area (Å²) in [6, 6.07) is 5.10. The molecule has 1 rings (SSSR count). The van der Waals surface area contributed by atoms with Gasteiger partial charge in [-0.2, -0.15) is 13.2 Å².